The molecule has 2 atom stereocenters. The summed E-state index contributed by atoms with van der Waals surface area (Å²) in [5.41, 5.74) is 0. The number of amides is 1. The number of halogens is 1. The highest BCUT2D eigenvalue weighted by Crippen LogP contribution is 2.16. The van der Waals surface area contributed by atoms with Crippen LogP contribution in [0.5, 0.6) is 0 Å². The molecule has 0 bridgehead atoms. The van der Waals surface area contributed by atoms with Gasteiger partial charge in [0.15, 0.2) is 12.4 Å². The third-order valence-electron chi connectivity index (χ3n) is 3.02. The molecule has 2 unspecified atom stereocenters. The molecule has 0 aliphatic carbocycles. The largest absolute Gasteiger partial charge is 1.00 e. The molecular weight excluding hydrogens is 300 g/mol. The molecular formula is C11H17BrN4O2. The van der Waals surface area contributed by atoms with E-state index in [2.05, 4.69) is 15.5 Å². The van der Waals surface area contributed by atoms with Crippen LogP contribution >= 0.6 is 0 Å². The maximum absolute atomic E-state index is 11.8. The molecule has 1 fully saturated rings. The minimum absolute atomic E-state index is 0. The first-order chi connectivity index (χ1) is 8.07. The quantitative estimate of drug-likeness (QED) is 0.571. The van der Waals surface area contributed by atoms with Gasteiger partial charge in [-0.05, 0) is 12.1 Å². The summed E-state index contributed by atoms with van der Waals surface area (Å²) >= 11 is 0. The fourth-order valence-electron chi connectivity index (χ4n) is 2.19. The molecule has 6 nitrogen and oxygen atoms in total. The van der Waals surface area contributed by atoms with E-state index in [1.165, 1.54) is 0 Å². The van der Waals surface area contributed by atoms with Crippen LogP contribution in [-0.2, 0) is 4.79 Å². The topological polar surface area (TPSA) is 75.1 Å². The van der Waals surface area contributed by atoms with E-state index < -0.39 is 0 Å². The summed E-state index contributed by atoms with van der Waals surface area (Å²) in [6.45, 7) is 1.82. The molecule has 1 aliphatic heterocycles. The molecule has 2 heterocycles. The van der Waals surface area contributed by atoms with Crippen molar-refractivity contribution in [2.75, 3.05) is 32.0 Å². The number of nitrogens with zero attached hydrogens (tertiary/aromatic N) is 3. The van der Waals surface area contributed by atoms with Crippen LogP contribution in [0.2, 0.25) is 0 Å². The molecule has 1 aromatic rings. The molecule has 0 aromatic carbocycles. The number of aliphatic hydroxyl groups excluding tert-OH is 1. The Morgan fingerprint density at radius 3 is 3.00 bits per heavy atom. The third-order valence-corrected chi connectivity index (χ3v) is 3.02. The zero-order valence-corrected chi connectivity index (χ0v) is 11.8. The zero-order valence-electron chi connectivity index (χ0n) is 10.2. The van der Waals surface area contributed by atoms with Crippen LogP contribution in [0.3, 0.4) is 0 Å². The van der Waals surface area contributed by atoms with Gasteiger partial charge < -0.3 is 31.9 Å². The monoisotopic (exact) mass is 316 g/mol. The maximum atomic E-state index is 11.8. The van der Waals surface area contributed by atoms with E-state index in [1.54, 1.807) is 18.3 Å². The van der Waals surface area contributed by atoms with E-state index in [4.69, 9.17) is 0 Å². The highest BCUT2D eigenvalue weighted by Gasteiger charge is 2.35. The smallest absolute Gasteiger partial charge is 0.280 e. The van der Waals surface area contributed by atoms with Crippen molar-refractivity contribution in [3.8, 4) is 0 Å². The van der Waals surface area contributed by atoms with E-state index >= 15 is 0 Å². The van der Waals surface area contributed by atoms with E-state index in [1.807, 2.05) is 7.05 Å². The van der Waals surface area contributed by atoms with Gasteiger partial charge in [-0.1, -0.05) is 0 Å². The average molecular weight is 317 g/mol. The molecule has 7 heteroatoms. The Labute approximate surface area is 116 Å². The number of likely N-dealkylation sites (tertiary alicyclic amines) is 1. The molecule has 0 radical (unpaired) electrons. The Morgan fingerprint density at radius 2 is 2.44 bits per heavy atom. The van der Waals surface area contributed by atoms with E-state index in [-0.39, 0.29) is 29.0 Å². The Balaban J connectivity index is 0.00000162. The van der Waals surface area contributed by atoms with Crippen molar-refractivity contribution in [1.29, 1.82) is 0 Å². The molecule has 18 heavy (non-hydrogen) atoms. The Kier molecular flexibility index (Phi) is 5.18. The molecule has 2 N–H and O–H groups in total. The molecule has 0 spiro atoms. The van der Waals surface area contributed by atoms with E-state index in [0.29, 0.717) is 23.4 Å². The van der Waals surface area contributed by atoms with Gasteiger partial charge in [-0.2, -0.15) is 5.10 Å². The van der Waals surface area contributed by atoms with Crippen LogP contribution in [0.4, 0.5) is 5.82 Å². The van der Waals surface area contributed by atoms with Gasteiger partial charge in [-0.25, -0.2) is 0 Å². The summed E-state index contributed by atoms with van der Waals surface area (Å²) in [7, 11) is 1.98. The predicted molar refractivity (Wildman–Crippen MR) is 62.1 cm³/mol. The van der Waals surface area contributed by atoms with Crippen molar-refractivity contribution in [2.45, 2.75) is 12.5 Å². The van der Waals surface area contributed by atoms with Crippen molar-refractivity contribution in [2.24, 2.45) is 0 Å². The summed E-state index contributed by atoms with van der Waals surface area (Å²) in [6, 6.07) is 3.42. The minimum atomic E-state index is -0.288. The van der Waals surface area contributed by atoms with Gasteiger partial charge in [-0.15, -0.1) is 5.10 Å². The number of aliphatic hydroxyl groups is 1. The number of rotatable bonds is 3. The minimum Gasteiger partial charge on any atom is -1.00 e. The van der Waals surface area contributed by atoms with Gasteiger partial charge in [0.1, 0.15) is 12.6 Å². The van der Waals surface area contributed by atoms with E-state index in [9.17, 15) is 9.90 Å². The fourth-order valence-corrected chi connectivity index (χ4v) is 2.19. The van der Waals surface area contributed by atoms with Crippen molar-refractivity contribution in [3.63, 3.8) is 0 Å². The normalized spacial score (nSPS) is 26.4. The fraction of sp³-hybridized carbons (Fsp3) is 0.545. The molecule has 1 aromatic heterocycles. The average Bonchev–Trinajstić information content (AvgIpc) is 2.59. The second-order valence-electron chi connectivity index (χ2n) is 4.78. The van der Waals surface area contributed by atoms with E-state index in [0.717, 1.165) is 13.0 Å². The number of anilines is 1. The number of hydrogen-bond acceptors (Lipinski definition) is 4. The molecule has 0 saturated carbocycles. The van der Waals surface area contributed by atoms with Gasteiger partial charge in [-0.3, -0.25) is 4.79 Å². The summed E-state index contributed by atoms with van der Waals surface area (Å²) in [5, 5.41) is 19.7. The zero-order chi connectivity index (χ0) is 12.3. The first-order valence-electron chi connectivity index (χ1n) is 5.67. The van der Waals surface area contributed by atoms with Gasteiger partial charge in [0.2, 0.25) is 0 Å². The number of quaternary nitrogens is 1. The lowest BCUT2D eigenvalue weighted by molar-refractivity contribution is -0.890. The molecule has 100 valence electrons. The lowest BCUT2D eigenvalue weighted by Crippen LogP contribution is -3.00. The molecule has 1 amide bonds. The predicted octanol–water partition coefficient (Wildman–Crippen LogP) is -3.37. The van der Waals surface area contributed by atoms with Crippen molar-refractivity contribution in [1.82, 2.24) is 10.2 Å². The van der Waals surface area contributed by atoms with Gasteiger partial charge in [0.25, 0.3) is 5.91 Å². The van der Waals surface area contributed by atoms with Gasteiger partial charge in [0, 0.05) is 12.6 Å². The molecule has 2 rings (SSSR count). The summed E-state index contributed by atoms with van der Waals surface area (Å²) < 4.78 is 0.577. The van der Waals surface area contributed by atoms with Gasteiger partial charge >= 0.3 is 0 Å². The molecule has 1 saturated heterocycles. The van der Waals surface area contributed by atoms with Crippen molar-refractivity contribution in [3.05, 3.63) is 18.3 Å². The maximum Gasteiger partial charge on any atom is 0.280 e. The summed E-state index contributed by atoms with van der Waals surface area (Å²) in [4.78, 5) is 11.8. The number of likely N-dealkylation sites (N-methyl/N-ethyl adjacent to an activating group) is 1. The second kappa shape index (κ2) is 6.21. The highest BCUT2D eigenvalue weighted by atomic mass is 79.9. The Morgan fingerprint density at radius 1 is 1.67 bits per heavy atom. The number of aromatic nitrogens is 2. The van der Waals surface area contributed by atoms with Crippen LogP contribution in [0.25, 0.3) is 0 Å². The first kappa shape index (κ1) is 15.0. The highest BCUT2D eigenvalue weighted by molar-refractivity contribution is 5.90. The Bertz CT molecular complexity index is 403. The number of nitrogens with one attached hydrogen (secondary N) is 1. The SMILES string of the molecule is C[N+]1(CC(=O)Nc2cccnn2)CCC(O)C1.[Br-]. The Hall–Kier alpha value is -1.05. The summed E-state index contributed by atoms with van der Waals surface area (Å²) in [6.07, 6.45) is 2.03. The number of carbonyl (C=O) groups is 1. The lowest BCUT2D eigenvalue weighted by Gasteiger charge is -2.28. The lowest BCUT2D eigenvalue weighted by atomic mass is 10.3. The van der Waals surface area contributed by atoms with Crippen LogP contribution < -0.4 is 22.3 Å². The second-order valence-corrected chi connectivity index (χ2v) is 4.78. The van der Waals surface area contributed by atoms with Crippen LogP contribution in [0.1, 0.15) is 6.42 Å². The van der Waals surface area contributed by atoms with Crippen LogP contribution in [0, 0.1) is 0 Å². The first-order valence-corrected chi connectivity index (χ1v) is 5.67. The van der Waals surface area contributed by atoms with Crippen LogP contribution in [0.15, 0.2) is 18.3 Å². The van der Waals surface area contributed by atoms with Crippen molar-refractivity contribution >= 4 is 11.7 Å². The van der Waals surface area contributed by atoms with Crippen LogP contribution in [-0.4, -0.2) is 58.5 Å². The number of carbonyl (C=O) groups excluding carboxylic acids is 1. The standard InChI is InChI=1S/C11H16N4O2.BrH/c1-15(6-4-9(16)7-15)8-11(17)13-10-3-2-5-12-14-10;/h2-3,5,9,16H,4,6-8H2,1H3;1H. The molecule has 1 aliphatic rings. The number of hydrogen-bond donors (Lipinski definition) is 2. The third kappa shape index (κ3) is 4.01. The van der Waals surface area contributed by atoms with Gasteiger partial charge in [0.05, 0.1) is 13.6 Å². The van der Waals surface area contributed by atoms with Crippen molar-refractivity contribution < 1.29 is 31.4 Å². The summed E-state index contributed by atoms with van der Waals surface area (Å²) in [5.74, 6) is 0.367.